The first-order valence-electron chi connectivity index (χ1n) is 7.86. The number of hydrogen-bond acceptors (Lipinski definition) is 3. The van der Waals surface area contributed by atoms with Gasteiger partial charge in [0.05, 0.1) is 6.61 Å². The van der Waals surface area contributed by atoms with E-state index in [0.29, 0.717) is 26.2 Å². The maximum absolute atomic E-state index is 12.7. The predicted molar refractivity (Wildman–Crippen MR) is 76.2 cm³/mol. The number of nitrogens with one attached hydrogen (secondary N) is 1. The van der Waals surface area contributed by atoms with Crippen molar-refractivity contribution in [3.63, 3.8) is 0 Å². The van der Waals surface area contributed by atoms with Gasteiger partial charge in [0.2, 0.25) is 11.8 Å². The van der Waals surface area contributed by atoms with Crippen molar-refractivity contribution in [3.05, 3.63) is 0 Å². The van der Waals surface area contributed by atoms with Gasteiger partial charge in [0, 0.05) is 13.2 Å². The first kappa shape index (κ1) is 15.3. The van der Waals surface area contributed by atoms with Gasteiger partial charge in [-0.05, 0) is 26.2 Å². The molecule has 5 nitrogen and oxygen atoms in total. The Kier molecular flexibility index (Phi) is 5.02. The van der Waals surface area contributed by atoms with Crippen LogP contribution in [0, 0.1) is 0 Å². The second-order valence-electron chi connectivity index (χ2n) is 5.74. The van der Waals surface area contributed by atoms with Gasteiger partial charge in [0.15, 0.2) is 0 Å². The summed E-state index contributed by atoms with van der Waals surface area (Å²) < 4.78 is 5.39. The average molecular weight is 282 g/mol. The van der Waals surface area contributed by atoms with E-state index in [1.54, 1.807) is 0 Å². The summed E-state index contributed by atoms with van der Waals surface area (Å²) in [7, 11) is 0. The van der Waals surface area contributed by atoms with E-state index in [4.69, 9.17) is 4.74 Å². The fourth-order valence-electron chi connectivity index (χ4n) is 3.44. The Hall–Kier alpha value is -1.10. The zero-order chi connectivity index (χ0) is 14.6. The summed E-state index contributed by atoms with van der Waals surface area (Å²) in [5, 5.41) is 2.95. The third-order valence-corrected chi connectivity index (χ3v) is 4.48. The molecule has 1 spiro atoms. The third-order valence-electron chi connectivity index (χ3n) is 4.48. The highest BCUT2D eigenvalue weighted by atomic mass is 16.5. The number of rotatable bonds is 6. The van der Waals surface area contributed by atoms with Crippen LogP contribution >= 0.6 is 0 Å². The molecule has 20 heavy (non-hydrogen) atoms. The first-order chi connectivity index (χ1) is 9.65. The summed E-state index contributed by atoms with van der Waals surface area (Å²) in [6, 6.07) is -0.347. The number of amides is 2. The number of piperazine rings is 1. The molecule has 0 aromatic rings. The van der Waals surface area contributed by atoms with Crippen LogP contribution < -0.4 is 5.32 Å². The van der Waals surface area contributed by atoms with E-state index in [1.165, 1.54) is 0 Å². The minimum atomic E-state index is -0.599. The van der Waals surface area contributed by atoms with E-state index in [9.17, 15) is 9.59 Å². The highest BCUT2D eigenvalue weighted by Crippen LogP contribution is 2.38. The van der Waals surface area contributed by atoms with Crippen LogP contribution in [-0.2, 0) is 14.3 Å². The minimum absolute atomic E-state index is 0.0459. The van der Waals surface area contributed by atoms with Crippen LogP contribution in [0.2, 0.25) is 0 Å². The van der Waals surface area contributed by atoms with Gasteiger partial charge >= 0.3 is 0 Å². The number of hydrogen-bond donors (Lipinski definition) is 1. The molecule has 1 saturated carbocycles. The van der Waals surface area contributed by atoms with Crippen molar-refractivity contribution >= 4 is 11.8 Å². The quantitative estimate of drug-likeness (QED) is 0.750. The van der Waals surface area contributed by atoms with Gasteiger partial charge in [0.1, 0.15) is 11.6 Å². The summed E-state index contributed by atoms with van der Waals surface area (Å²) in [6.45, 7) is 5.65. The standard InChI is InChI=1S/C15H26N2O3/c1-3-7-12-13(18)17(10-11-20-4-2)15(14(19)16-12)8-5-6-9-15/h12H,3-11H2,1-2H3,(H,16,19). The third kappa shape index (κ3) is 2.68. The van der Waals surface area contributed by atoms with E-state index in [-0.39, 0.29) is 17.9 Å². The number of carbonyl (C=O) groups excluding carboxylic acids is 2. The highest BCUT2D eigenvalue weighted by molar-refractivity contribution is 6.00. The zero-order valence-electron chi connectivity index (χ0n) is 12.6. The van der Waals surface area contributed by atoms with Crippen molar-refractivity contribution in [3.8, 4) is 0 Å². The molecule has 5 heteroatoms. The van der Waals surface area contributed by atoms with Gasteiger partial charge in [-0.3, -0.25) is 9.59 Å². The summed E-state index contributed by atoms with van der Waals surface area (Å²) in [5.41, 5.74) is -0.599. The van der Waals surface area contributed by atoms with Crippen molar-refractivity contribution in [2.24, 2.45) is 0 Å². The largest absolute Gasteiger partial charge is 0.380 e. The number of carbonyl (C=O) groups is 2. The Balaban J connectivity index is 2.17. The molecule has 1 aliphatic heterocycles. The molecule has 1 unspecified atom stereocenters. The SMILES string of the molecule is CCCC1NC(=O)C2(CCCC2)N(CCOCC)C1=O. The Morgan fingerprint density at radius 1 is 1.30 bits per heavy atom. The van der Waals surface area contributed by atoms with Gasteiger partial charge in [0.25, 0.3) is 0 Å². The van der Waals surface area contributed by atoms with Crippen LogP contribution in [0.3, 0.4) is 0 Å². The van der Waals surface area contributed by atoms with Gasteiger partial charge in [-0.25, -0.2) is 0 Å². The summed E-state index contributed by atoms with van der Waals surface area (Å²) in [4.78, 5) is 27.0. The van der Waals surface area contributed by atoms with Gasteiger partial charge < -0.3 is 15.0 Å². The number of nitrogens with zero attached hydrogens (tertiary/aromatic N) is 1. The predicted octanol–water partition coefficient (Wildman–Crippen LogP) is 1.46. The van der Waals surface area contributed by atoms with Crippen LogP contribution in [0.1, 0.15) is 52.4 Å². The molecule has 2 fully saturated rings. The maximum atomic E-state index is 12.7. The van der Waals surface area contributed by atoms with Gasteiger partial charge in [-0.15, -0.1) is 0 Å². The summed E-state index contributed by atoms with van der Waals surface area (Å²) in [5.74, 6) is 0.123. The molecule has 1 atom stereocenters. The lowest BCUT2D eigenvalue weighted by Gasteiger charge is -2.46. The molecule has 0 aromatic carbocycles. The fraction of sp³-hybridized carbons (Fsp3) is 0.867. The van der Waals surface area contributed by atoms with E-state index in [2.05, 4.69) is 5.32 Å². The van der Waals surface area contributed by atoms with E-state index < -0.39 is 5.54 Å². The van der Waals surface area contributed by atoms with Crippen molar-refractivity contribution in [1.82, 2.24) is 10.2 Å². The van der Waals surface area contributed by atoms with Gasteiger partial charge in [-0.2, -0.15) is 0 Å². The monoisotopic (exact) mass is 282 g/mol. The molecule has 1 N–H and O–H groups in total. The van der Waals surface area contributed by atoms with Crippen LogP contribution in [0.15, 0.2) is 0 Å². The Morgan fingerprint density at radius 2 is 2.00 bits per heavy atom. The molecular weight excluding hydrogens is 256 g/mol. The molecular formula is C15H26N2O3. The molecule has 1 saturated heterocycles. The van der Waals surface area contributed by atoms with Crippen molar-refractivity contribution < 1.29 is 14.3 Å². The average Bonchev–Trinajstić information content (AvgIpc) is 2.91. The van der Waals surface area contributed by atoms with Crippen molar-refractivity contribution in [1.29, 1.82) is 0 Å². The highest BCUT2D eigenvalue weighted by Gasteiger charge is 2.53. The first-order valence-corrected chi connectivity index (χ1v) is 7.86. The minimum Gasteiger partial charge on any atom is -0.380 e. The molecule has 2 aliphatic rings. The van der Waals surface area contributed by atoms with E-state index in [1.807, 2.05) is 18.7 Å². The second-order valence-corrected chi connectivity index (χ2v) is 5.74. The Morgan fingerprint density at radius 3 is 2.60 bits per heavy atom. The van der Waals surface area contributed by atoms with Gasteiger partial charge in [-0.1, -0.05) is 26.2 Å². The zero-order valence-corrected chi connectivity index (χ0v) is 12.6. The fourth-order valence-corrected chi connectivity index (χ4v) is 3.44. The van der Waals surface area contributed by atoms with Crippen LogP contribution in [-0.4, -0.2) is 48.1 Å². The van der Waals surface area contributed by atoms with Crippen LogP contribution in [0.4, 0.5) is 0 Å². The lowest BCUT2D eigenvalue weighted by Crippen LogP contribution is -2.70. The lowest BCUT2D eigenvalue weighted by atomic mass is 9.88. The Labute approximate surface area is 121 Å². The molecule has 1 aliphatic carbocycles. The molecule has 1 heterocycles. The molecule has 0 bridgehead atoms. The summed E-state index contributed by atoms with van der Waals surface area (Å²) in [6.07, 6.45) is 5.22. The normalized spacial score (nSPS) is 25.3. The number of ether oxygens (including phenoxy) is 1. The van der Waals surface area contributed by atoms with Crippen molar-refractivity contribution in [2.75, 3.05) is 19.8 Å². The lowest BCUT2D eigenvalue weighted by molar-refractivity contribution is -0.158. The van der Waals surface area contributed by atoms with E-state index in [0.717, 1.165) is 32.1 Å². The van der Waals surface area contributed by atoms with E-state index >= 15 is 0 Å². The molecule has 0 aromatic heterocycles. The second kappa shape index (κ2) is 6.57. The van der Waals surface area contributed by atoms with Crippen molar-refractivity contribution in [2.45, 2.75) is 64.0 Å². The molecule has 114 valence electrons. The molecule has 2 amide bonds. The molecule has 0 radical (unpaired) electrons. The van der Waals surface area contributed by atoms with Crippen LogP contribution in [0.5, 0.6) is 0 Å². The summed E-state index contributed by atoms with van der Waals surface area (Å²) >= 11 is 0. The molecule has 2 rings (SSSR count). The maximum Gasteiger partial charge on any atom is 0.246 e. The Bertz CT molecular complexity index is 364. The smallest absolute Gasteiger partial charge is 0.246 e. The topological polar surface area (TPSA) is 58.6 Å². The van der Waals surface area contributed by atoms with Crippen LogP contribution in [0.25, 0.3) is 0 Å².